The highest BCUT2D eigenvalue weighted by Gasteiger charge is 2.35. The lowest BCUT2D eigenvalue weighted by molar-refractivity contribution is 0.660. The Morgan fingerprint density at radius 1 is 0.581 bits per heavy atom. The molecule has 8 aromatic rings. The SMILES string of the molecule is CC1(C)c2ccccc2-c2ccc(-c3nc(-n4c5ccccc5c5c6ccccc6c(Br)cc54)nc4ccccc34)cc21. The molecular weight excluding hydrogens is 590 g/mol. The molecule has 6 aromatic carbocycles. The number of rotatable bonds is 2. The van der Waals surface area contributed by atoms with Gasteiger partial charge in [0.1, 0.15) is 0 Å². The van der Waals surface area contributed by atoms with Crippen molar-refractivity contribution in [1.82, 2.24) is 14.5 Å². The third kappa shape index (κ3) is 3.41. The summed E-state index contributed by atoms with van der Waals surface area (Å²) < 4.78 is 3.28. The van der Waals surface area contributed by atoms with Crippen molar-refractivity contribution in [1.29, 1.82) is 0 Å². The minimum absolute atomic E-state index is 0.0895. The Bertz CT molecular complexity index is 2450. The second-order valence-corrected chi connectivity index (χ2v) is 12.8. The third-order valence-electron chi connectivity index (χ3n) is 9.28. The van der Waals surface area contributed by atoms with Gasteiger partial charge in [-0.05, 0) is 57.3 Å². The second-order valence-electron chi connectivity index (χ2n) is 12.0. The standard InChI is InChI=1S/C39H26BrN3/c1-39(2)30-16-8-5-11-24(30)25-20-19-23(21-31(25)39)37-28-14-6-9-17-33(28)41-38(42-37)43-34-18-10-7-15-29(34)36-27-13-4-3-12-26(27)32(40)22-35(36)43/h3-22H,1-2H3. The summed E-state index contributed by atoms with van der Waals surface area (Å²) in [6.07, 6.45) is 0. The Kier molecular flexibility index (Phi) is 5.10. The van der Waals surface area contributed by atoms with Gasteiger partial charge in [-0.3, -0.25) is 4.57 Å². The fraction of sp³-hybridized carbons (Fsp3) is 0.0769. The van der Waals surface area contributed by atoms with E-state index in [1.807, 2.05) is 0 Å². The van der Waals surface area contributed by atoms with Crippen LogP contribution < -0.4 is 0 Å². The summed E-state index contributed by atoms with van der Waals surface area (Å²) in [6.45, 7) is 4.65. The van der Waals surface area contributed by atoms with Crippen molar-refractivity contribution in [2.45, 2.75) is 19.3 Å². The molecule has 0 unspecified atom stereocenters. The molecular formula is C39H26BrN3. The molecule has 0 bridgehead atoms. The Morgan fingerprint density at radius 3 is 2.12 bits per heavy atom. The van der Waals surface area contributed by atoms with Gasteiger partial charge >= 0.3 is 0 Å². The summed E-state index contributed by atoms with van der Waals surface area (Å²) in [5, 5.41) is 5.86. The number of benzene rings is 6. The van der Waals surface area contributed by atoms with Gasteiger partial charge in [-0.1, -0.05) is 127 Å². The molecule has 1 aliphatic rings. The Labute approximate surface area is 257 Å². The molecule has 204 valence electrons. The van der Waals surface area contributed by atoms with E-state index in [1.165, 1.54) is 43.8 Å². The Balaban J connectivity index is 1.35. The molecule has 1 aliphatic carbocycles. The fourth-order valence-electron chi connectivity index (χ4n) is 7.24. The van der Waals surface area contributed by atoms with E-state index in [-0.39, 0.29) is 5.41 Å². The van der Waals surface area contributed by atoms with Crippen molar-refractivity contribution in [2.75, 3.05) is 0 Å². The largest absolute Gasteiger partial charge is 0.278 e. The minimum atomic E-state index is -0.0895. The van der Waals surface area contributed by atoms with Crippen molar-refractivity contribution in [3.63, 3.8) is 0 Å². The van der Waals surface area contributed by atoms with E-state index in [0.717, 1.165) is 37.7 Å². The van der Waals surface area contributed by atoms with Crippen LogP contribution in [0.3, 0.4) is 0 Å². The predicted molar refractivity (Wildman–Crippen MR) is 182 cm³/mol. The Hall–Kier alpha value is -4.80. The molecule has 3 nitrogen and oxygen atoms in total. The molecule has 0 amide bonds. The minimum Gasteiger partial charge on any atom is -0.278 e. The number of fused-ring (bicyclic) bond motifs is 9. The number of para-hydroxylation sites is 2. The zero-order valence-electron chi connectivity index (χ0n) is 23.8. The Morgan fingerprint density at radius 2 is 1.26 bits per heavy atom. The van der Waals surface area contributed by atoms with Crippen molar-refractivity contribution in [3.8, 4) is 28.3 Å². The van der Waals surface area contributed by atoms with Crippen LogP contribution in [-0.4, -0.2) is 14.5 Å². The molecule has 0 atom stereocenters. The van der Waals surface area contributed by atoms with Gasteiger partial charge in [0.15, 0.2) is 0 Å². The quantitative estimate of drug-likeness (QED) is 0.194. The van der Waals surface area contributed by atoms with Crippen LogP contribution in [0.1, 0.15) is 25.0 Å². The highest BCUT2D eigenvalue weighted by Crippen LogP contribution is 2.49. The summed E-state index contributed by atoms with van der Waals surface area (Å²) in [5.74, 6) is 0.671. The monoisotopic (exact) mass is 615 g/mol. The second kappa shape index (κ2) is 8.85. The fourth-order valence-corrected chi connectivity index (χ4v) is 7.80. The van der Waals surface area contributed by atoms with Crippen molar-refractivity contribution in [2.24, 2.45) is 0 Å². The van der Waals surface area contributed by atoms with Crippen LogP contribution in [0.15, 0.2) is 126 Å². The van der Waals surface area contributed by atoms with E-state index in [9.17, 15) is 0 Å². The lowest BCUT2D eigenvalue weighted by Gasteiger charge is -2.22. The average molecular weight is 617 g/mol. The van der Waals surface area contributed by atoms with Gasteiger partial charge in [-0.15, -0.1) is 0 Å². The van der Waals surface area contributed by atoms with Crippen LogP contribution in [0.2, 0.25) is 0 Å². The van der Waals surface area contributed by atoms with E-state index in [1.54, 1.807) is 0 Å². The number of halogens is 1. The van der Waals surface area contributed by atoms with E-state index in [0.29, 0.717) is 5.95 Å². The van der Waals surface area contributed by atoms with Crippen LogP contribution in [-0.2, 0) is 5.41 Å². The summed E-state index contributed by atoms with van der Waals surface area (Å²) in [6, 6.07) is 43.4. The summed E-state index contributed by atoms with van der Waals surface area (Å²) in [5.41, 5.74) is 10.4. The zero-order valence-corrected chi connectivity index (χ0v) is 25.4. The summed E-state index contributed by atoms with van der Waals surface area (Å²) in [7, 11) is 0. The first-order valence-electron chi connectivity index (χ1n) is 14.6. The smallest absolute Gasteiger partial charge is 0.235 e. The molecule has 0 fully saturated rings. The molecule has 0 N–H and O–H groups in total. The van der Waals surface area contributed by atoms with E-state index in [2.05, 4.69) is 156 Å². The highest BCUT2D eigenvalue weighted by atomic mass is 79.9. The maximum absolute atomic E-state index is 5.38. The number of nitrogens with zero attached hydrogens (tertiary/aromatic N) is 3. The van der Waals surface area contributed by atoms with Crippen molar-refractivity contribution in [3.05, 3.63) is 137 Å². The van der Waals surface area contributed by atoms with E-state index in [4.69, 9.17) is 9.97 Å². The first kappa shape index (κ1) is 24.8. The molecule has 2 heterocycles. The lowest BCUT2D eigenvalue weighted by Crippen LogP contribution is -2.15. The van der Waals surface area contributed by atoms with Crippen LogP contribution >= 0.6 is 15.9 Å². The summed E-state index contributed by atoms with van der Waals surface area (Å²) in [4.78, 5) is 10.6. The molecule has 0 aliphatic heterocycles. The van der Waals surface area contributed by atoms with Crippen LogP contribution in [0.4, 0.5) is 0 Å². The van der Waals surface area contributed by atoms with Gasteiger partial charge in [-0.25, -0.2) is 9.97 Å². The van der Waals surface area contributed by atoms with Gasteiger partial charge in [0, 0.05) is 31.6 Å². The maximum atomic E-state index is 5.38. The van der Waals surface area contributed by atoms with Crippen molar-refractivity contribution >= 4 is 59.4 Å². The molecule has 43 heavy (non-hydrogen) atoms. The zero-order chi connectivity index (χ0) is 28.9. The van der Waals surface area contributed by atoms with Crippen LogP contribution in [0.25, 0.3) is 71.8 Å². The summed E-state index contributed by atoms with van der Waals surface area (Å²) >= 11 is 3.87. The number of aromatic nitrogens is 3. The number of hydrogen-bond donors (Lipinski definition) is 0. The van der Waals surface area contributed by atoms with E-state index >= 15 is 0 Å². The van der Waals surface area contributed by atoms with Crippen LogP contribution in [0.5, 0.6) is 0 Å². The van der Waals surface area contributed by atoms with Gasteiger partial charge in [-0.2, -0.15) is 0 Å². The van der Waals surface area contributed by atoms with Gasteiger partial charge < -0.3 is 0 Å². The predicted octanol–water partition coefficient (Wildman–Crippen LogP) is 10.6. The normalized spacial score (nSPS) is 13.7. The molecule has 4 heteroatoms. The molecule has 0 saturated heterocycles. The number of hydrogen-bond acceptors (Lipinski definition) is 2. The average Bonchev–Trinajstić information content (AvgIpc) is 3.49. The topological polar surface area (TPSA) is 30.7 Å². The van der Waals surface area contributed by atoms with Crippen LogP contribution in [0, 0.1) is 0 Å². The molecule has 9 rings (SSSR count). The maximum Gasteiger partial charge on any atom is 0.235 e. The molecule has 0 radical (unpaired) electrons. The van der Waals surface area contributed by atoms with Gasteiger partial charge in [0.25, 0.3) is 0 Å². The third-order valence-corrected chi connectivity index (χ3v) is 9.93. The van der Waals surface area contributed by atoms with Crippen molar-refractivity contribution < 1.29 is 0 Å². The first-order valence-corrected chi connectivity index (χ1v) is 15.4. The first-order chi connectivity index (χ1) is 21.0. The van der Waals surface area contributed by atoms with Gasteiger partial charge in [0.2, 0.25) is 5.95 Å². The van der Waals surface area contributed by atoms with E-state index < -0.39 is 0 Å². The molecule has 2 aromatic heterocycles. The lowest BCUT2D eigenvalue weighted by atomic mass is 9.82. The molecule has 0 spiro atoms. The van der Waals surface area contributed by atoms with Gasteiger partial charge in [0.05, 0.1) is 22.2 Å². The highest BCUT2D eigenvalue weighted by molar-refractivity contribution is 9.10. The molecule has 0 saturated carbocycles.